The monoisotopic (exact) mass is 239 g/mol. The summed E-state index contributed by atoms with van der Waals surface area (Å²) < 4.78 is 8.91. The van der Waals surface area contributed by atoms with Crippen molar-refractivity contribution in [3.8, 4) is 0 Å². The van der Waals surface area contributed by atoms with E-state index in [4.69, 9.17) is 4.74 Å². The van der Waals surface area contributed by atoms with E-state index in [-0.39, 0.29) is 5.69 Å². The predicted molar refractivity (Wildman–Crippen MR) is 66.1 cm³/mol. The first kappa shape index (κ1) is 12.4. The Morgan fingerprint density at radius 2 is 2.41 bits per heavy atom. The van der Waals surface area contributed by atoms with Crippen LogP contribution in [0.3, 0.4) is 0 Å². The fourth-order valence-electron chi connectivity index (χ4n) is 2.22. The molecule has 1 aliphatic heterocycles. The molecule has 0 amide bonds. The lowest BCUT2D eigenvalue weighted by Gasteiger charge is -2.19. The summed E-state index contributed by atoms with van der Waals surface area (Å²) in [6, 6.07) is 0.358. The highest BCUT2D eigenvalue weighted by Crippen LogP contribution is 2.14. The molecule has 0 aliphatic carbocycles. The molecule has 1 aromatic heterocycles. The van der Waals surface area contributed by atoms with E-state index in [2.05, 4.69) is 12.2 Å². The number of nitrogens with zero attached hydrogens (tertiary/aromatic N) is 2. The van der Waals surface area contributed by atoms with Crippen molar-refractivity contribution in [3.05, 3.63) is 22.9 Å². The van der Waals surface area contributed by atoms with Crippen LogP contribution in [-0.2, 0) is 18.3 Å². The van der Waals surface area contributed by atoms with Crippen molar-refractivity contribution in [3.63, 3.8) is 0 Å². The lowest BCUT2D eigenvalue weighted by atomic mass is 10.1. The van der Waals surface area contributed by atoms with E-state index in [0.29, 0.717) is 18.7 Å². The lowest BCUT2D eigenvalue weighted by Crippen LogP contribution is -2.39. The Morgan fingerprint density at radius 3 is 3.00 bits per heavy atom. The normalized spacial score (nSPS) is 21.9. The first-order chi connectivity index (χ1) is 8.18. The summed E-state index contributed by atoms with van der Waals surface area (Å²) in [5, 5.41) is 3.42. The molecule has 17 heavy (non-hydrogen) atoms. The molecule has 5 heteroatoms. The standard InChI is InChI=1S/C12H21N3O2/c1-10(11-4-3-9-17-11)13-5-6-15-8-7-14(2)12(15)16/h7-8,10-11,13H,3-6,9H2,1-2H3. The summed E-state index contributed by atoms with van der Waals surface area (Å²) in [4.78, 5) is 11.6. The highest BCUT2D eigenvalue weighted by Gasteiger charge is 2.21. The summed E-state index contributed by atoms with van der Waals surface area (Å²) in [5.74, 6) is 0. The van der Waals surface area contributed by atoms with Crippen LogP contribution in [0.2, 0.25) is 0 Å². The quantitative estimate of drug-likeness (QED) is 0.806. The number of rotatable bonds is 5. The lowest BCUT2D eigenvalue weighted by molar-refractivity contribution is 0.0835. The Bertz CT molecular complexity index is 404. The number of hydrogen-bond acceptors (Lipinski definition) is 3. The molecule has 0 aromatic carbocycles. The number of ether oxygens (including phenoxy) is 1. The minimum atomic E-state index is 0.0385. The van der Waals surface area contributed by atoms with Crippen LogP contribution in [0, 0.1) is 0 Å². The van der Waals surface area contributed by atoms with Crippen molar-refractivity contribution in [2.24, 2.45) is 7.05 Å². The van der Waals surface area contributed by atoms with Crippen molar-refractivity contribution in [1.29, 1.82) is 0 Å². The van der Waals surface area contributed by atoms with Crippen LogP contribution in [0.25, 0.3) is 0 Å². The van der Waals surface area contributed by atoms with Gasteiger partial charge < -0.3 is 14.6 Å². The van der Waals surface area contributed by atoms with Crippen LogP contribution in [0.15, 0.2) is 17.2 Å². The molecule has 96 valence electrons. The maximum absolute atomic E-state index is 11.6. The number of aryl methyl sites for hydroxylation is 1. The Kier molecular flexibility index (Phi) is 4.02. The molecule has 1 aromatic rings. The van der Waals surface area contributed by atoms with E-state index in [1.807, 2.05) is 6.20 Å². The SMILES string of the molecule is CC(NCCn1ccn(C)c1=O)C1CCCO1. The summed E-state index contributed by atoms with van der Waals surface area (Å²) in [7, 11) is 1.77. The van der Waals surface area contributed by atoms with Crippen LogP contribution in [0.5, 0.6) is 0 Å². The van der Waals surface area contributed by atoms with Gasteiger partial charge in [0.2, 0.25) is 0 Å². The Hall–Kier alpha value is -1.07. The smallest absolute Gasteiger partial charge is 0.327 e. The topological polar surface area (TPSA) is 48.2 Å². The fourth-order valence-corrected chi connectivity index (χ4v) is 2.22. The van der Waals surface area contributed by atoms with Crippen LogP contribution < -0.4 is 11.0 Å². The third-order valence-corrected chi connectivity index (χ3v) is 3.36. The number of imidazole rings is 1. The fraction of sp³-hybridized carbons (Fsp3) is 0.750. The molecule has 1 N–H and O–H groups in total. The molecule has 1 saturated heterocycles. The third-order valence-electron chi connectivity index (χ3n) is 3.36. The van der Waals surface area contributed by atoms with Crippen molar-refractivity contribution < 1.29 is 4.74 Å². The molecular weight excluding hydrogens is 218 g/mol. The minimum Gasteiger partial charge on any atom is -0.377 e. The molecule has 0 spiro atoms. The zero-order chi connectivity index (χ0) is 12.3. The molecule has 5 nitrogen and oxygen atoms in total. The van der Waals surface area contributed by atoms with E-state index in [9.17, 15) is 4.79 Å². The highest BCUT2D eigenvalue weighted by molar-refractivity contribution is 4.81. The molecule has 0 bridgehead atoms. The maximum Gasteiger partial charge on any atom is 0.327 e. The summed E-state index contributed by atoms with van der Waals surface area (Å²) in [6.07, 6.45) is 6.24. The van der Waals surface area contributed by atoms with Crippen molar-refractivity contribution in [2.75, 3.05) is 13.2 Å². The molecule has 2 atom stereocenters. The number of hydrogen-bond donors (Lipinski definition) is 1. The maximum atomic E-state index is 11.6. The van der Waals surface area contributed by atoms with Crippen LogP contribution in [0.4, 0.5) is 0 Å². The predicted octanol–water partition coefficient (Wildman–Crippen LogP) is 0.344. The van der Waals surface area contributed by atoms with Crippen molar-refractivity contribution in [2.45, 2.75) is 38.5 Å². The minimum absolute atomic E-state index is 0.0385. The van der Waals surface area contributed by atoms with Crippen molar-refractivity contribution in [1.82, 2.24) is 14.5 Å². The average Bonchev–Trinajstić information content (AvgIpc) is 2.93. The summed E-state index contributed by atoms with van der Waals surface area (Å²) >= 11 is 0. The van der Waals surface area contributed by atoms with Crippen LogP contribution >= 0.6 is 0 Å². The Balaban J connectivity index is 1.75. The van der Waals surface area contributed by atoms with E-state index in [1.54, 1.807) is 22.4 Å². The van der Waals surface area contributed by atoms with Gasteiger partial charge in [-0.1, -0.05) is 0 Å². The van der Waals surface area contributed by atoms with Gasteiger partial charge in [0.1, 0.15) is 0 Å². The molecular formula is C12H21N3O2. The molecule has 0 radical (unpaired) electrons. The first-order valence-corrected chi connectivity index (χ1v) is 6.25. The van der Waals surface area contributed by atoms with Crippen molar-refractivity contribution >= 4 is 0 Å². The molecule has 2 unspecified atom stereocenters. The van der Waals surface area contributed by atoms with Gasteiger partial charge in [-0.15, -0.1) is 0 Å². The van der Waals surface area contributed by atoms with Gasteiger partial charge in [0, 0.05) is 45.2 Å². The Morgan fingerprint density at radius 1 is 1.59 bits per heavy atom. The van der Waals surface area contributed by atoms with E-state index in [0.717, 1.165) is 26.0 Å². The molecule has 1 fully saturated rings. The highest BCUT2D eigenvalue weighted by atomic mass is 16.5. The van der Waals surface area contributed by atoms with Gasteiger partial charge in [-0.2, -0.15) is 0 Å². The second-order valence-corrected chi connectivity index (χ2v) is 4.68. The van der Waals surface area contributed by atoms with Gasteiger partial charge in [0.05, 0.1) is 6.10 Å². The van der Waals surface area contributed by atoms with E-state index in [1.165, 1.54) is 0 Å². The largest absolute Gasteiger partial charge is 0.377 e. The average molecular weight is 239 g/mol. The number of nitrogens with one attached hydrogen (secondary N) is 1. The summed E-state index contributed by atoms with van der Waals surface area (Å²) in [6.45, 7) is 4.53. The second kappa shape index (κ2) is 5.51. The third kappa shape index (κ3) is 2.98. The molecule has 1 aliphatic rings. The van der Waals surface area contributed by atoms with Gasteiger partial charge in [-0.25, -0.2) is 4.79 Å². The van der Waals surface area contributed by atoms with E-state index < -0.39 is 0 Å². The summed E-state index contributed by atoms with van der Waals surface area (Å²) in [5.41, 5.74) is 0.0385. The van der Waals surface area contributed by atoms with Gasteiger partial charge in [0.15, 0.2) is 0 Å². The zero-order valence-electron chi connectivity index (χ0n) is 10.6. The van der Waals surface area contributed by atoms with Gasteiger partial charge in [-0.05, 0) is 19.8 Å². The molecule has 2 rings (SSSR count). The van der Waals surface area contributed by atoms with Gasteiger partial charge in [0.25, 0.3) is 0 Å². The van der Waals surface area contributed by atoms with Gasteiger partial charge in [-0.3, -0.25) is 4.57 Å². The zero-order valence-corrected chi connectivity index (χ0v) is 10.6. The van der Waals surface area contributed by atoms with Crippen LogP contribution in [-0.4, -0.2) is 34.4 Å². The second-order valence-electron chi connectivity index (χ2n) is 4.68. The Labute approximate surface area is 101 Å². The van der Waals surface area contributed by atoms with E-state index >= 15 is 0 Å². The molecule has 2 heterocycles. The molecule has 0 saturated carbocycles. The van der Waals surface area contributed by atoms with Crippen LogP contribution in [0.1, 0.15) is 19.8 Å². The number of aromatic nitrogens is 2. The van der Waals surface area contributed by atoms with Gasteiger partial charge >= 0.3 is 5.69 Å². The first-order valence-electron chi connectivity index (χ1n) is 6.25.